The first-order valence-electron chi connectivity index (χ1n) is 3.51. The molecule has 0 spiro atoms. The van der Waals surface area contributed by atoms with Crippen LogP contribution in [0, 0.1) is 0 Å². The molecule has 0 atom stereocenters. The number of hydrogen-bond donors (Lipinski definition) is 2. The predicted octanol–water partition coefficient (Wildman–Crippen LogP) is 0.104. The lowest BCUT2D eigenvalue weighted by molar-refractivity contribution is -0.117. The molecule has 8 heteroatoms. The van der Waals surface area contributed by atoms with Gasteiger partial charge in [-0.05, 0) is 0 Å². The molecule has 0 aromatic rings. The van der Waals surface area contributed by atoms with Gasteiger partial charge in [0.1, 0.15) is 4.32 Å². The SMILES string of the molecule is O=C1CSC(=O)N1.O=C1CSC(=S)N1. The average molecular weight is 250 g/mol. The third-order valence-corrected chi connectivity index (χ3v) is 3.15. The minimum atomic E-state index is -0.231. The number of nitrogens with one attached hydrogen (secondary N) is 2. The van der Waals surface area contributed by atoms with Crippen LogP contribution in [0.15, 0.2) is 0 Å². The largest absolute Gasteiger partial charge is 0.311 e. The third kappa shape index (κ3) is 4.07. The molecule has 76 valence electrons. The molecule has 0 aromatic heterocycles. The van der Waals surface area contributed by atoms with Crippen LogP contribution >= 0.6 is 35.7 Å². The summed E-state index contributed by atoms with van der Waals surface area (Å²) in [5.41, 5.74) is 0. The second-order valence-electron chi connectivity index (χ2n) is 2.25. The Morgan fingerprint density at radius 2 is 1.57 bits per heavy atom. The maximum absolute atomic E-state index is 10.2. The summed E-state index contributed by atoms with van der Waals surface area (Å²) in [7, 11) is 0. The van der Waals surface area contributed by atoms with Gasteiger partial charge >= 0.3 is 0 Å². The van der Waals surface area contributed by atoms with Crippen LogP contribution in [-0.4, -0.2) is 32.9 Å². The van der Waals surface area contributed by atoms with Gasteiger partial charge < -0.3 is 5.32 Å². The maximum atomic E-state index is 10.2. The topological polar surface area (TPSA) is 75.3 Å². The molecular formula is C6H6N2O3S3. The summed E-state index contributed by atoms with van der Waals surface area (Å²) in [4.78, 5) is 30.4. The number of amides is 3. The highest BCUT2D eigenvalue weighted by molar-refractivity contribution is 8.24. The van der Waals surface area contributed by atoms with Gasteiger partial charge in [0.05, 0.1) is 11.5 Å². The van der Waals surface area contributed by atoms with E-state index in [1.54, 1.807) is 0 Å². The fraction of sp³-hybridized carbons (Fsp3) is 0.333. The van der Waals surface area contributed by atoms with E-state index in [1.807, 2.05) is 0 Å². The molecule has 2 heterocycles. The van der Waals surface area contributed by atoms with Crippen LogP contribution in [0.3, 0.4) is 0 Å². The number of thiocarbonyl (C=S) groups is 1. The Morgan fingerprint density at radius 3 is 1.71 bits per heavy atom. The Balaban J connectivity index is 0.000000140. The van der Waals surface area contributed by atoms with E-state index in [2.05, 4.69) is 22.9 Å². The quantitative estimate of drug-likeness (QED) is 0.594. The number of hydrogen-bond acceptors (Lipinski definition) is 6. The summed E-state index contributed by atoms with van der Waals surface area (Å²) >= 11 is 7.01. The Hall–Kier alpha value is -0.600. The Kier molecular flexibility index (Phi) is 4.36. The van der Waals surface area contributed by atoms with Crippen LogP contribution in [0.4, 0.5) is 4.79 Å². The van der Waals surface area contributed by atoms with Crippen LogP contribution < -0.4 is 10.6 Å². The molecule has 2 aliphatic rings. The number of carbonyl (C=O) groups is 3. The summed E-state index contributed by atoms with van der Waals surface area (Å²) in [5, 5.41) is 4.34. The van der Waals surface area contributed by atoms with E-state index in [0.717, 1.165) is 11.8 Å². The van der Waals surface area contributed by atoms with Gasteiger partial charge in [0.25, 0.3) is 5.24 Å². The van der Waals surface area contributed by atoms with Gasteiger partial charge in [0.2, 0.25) is 11.8 Å². The molecule has 0 bridgehead atoms. The Morgan fingerprint density at radius 1 is 1.00 bits per heavy atom. The summed E-state index contributed by atoms with van der Waals surface area (Å²) < 4.78 is 0.602. The summed E-state index contributed by atoms with van der Waals surface area (Å²) in [6.45, 7) is 0. The van der Waals surface area contributed by atoms with Crippen LogP contribution in [0.25, 0.3) is 0 Å². The first kappa shape index (κ1) is 11.5. The van der Waals surface area contributed by atoms with Crippen molar-refractivity contribution in [1.29, 1.82) is 0 Å². The first-order chi connectivity index (χ1) is 6.58. The van der Waals surface area contributed by atoms with Gasteiger partial charge in [-0.2, -0.15) is 0 Å². The molecule has 2 fully saturated rings. The van der Waals surface area contributed by atoms with Crippen molar-refractivity contribution in [3.05, 3.63) is 0 Å². The molecule has 14 heavy (non-hydrogen) atoms. The highest BCUT2D eigenvalue weighted by Gasteiger charge is 2.16. The molecule has 0 saturated carbocycles. The fourth-order valence-corrected chi connectivity index (χ4v) is 1.97. The summed E-state index contributed by atoms with van der Waals surface area (Å²) in [6.07, 6.45) is 0. The average Bonchev–Trinajstić information content (AvgIpc) is 2.63. The zero-order chi connectivity index (χ0) is 10.6. The van der Waals surface area contributed by atoms with Crippen LogP contribution in [0.1, 0.15) is 0 Å². The van der Waals surface area contributed by atoms with Crippen LogP contribution in [-0.2, 0) is 9.59 Å². The van der Waals surface area contributed by atoms with Crippen LogP contribution in [0.5, 0.6) is 0 Å². The Labute approximate surface area is 93.7 Å². The van der Waals surface area contributed by atoms with E-state index in [4.69, 9.17) is 0 Å². The molecule has 2 saturated heterocycles. The highest BCUT2D eigenvalue weighted by atomic mass is 32.2. The molecular weight excluding hydrogens is 244 g/mol. The molecule has 2 aliphatic heterocycles. The zero-order valence-corrected chi connectivity index (χ0v) is 9.31. The van der Waals surface area contributed by atoms with Gasteiger partial charge in [-0.1, -0.05) is 35.7 Å². The van der Waals surface area contributed by atoms with Crippen molar-refractivity contribution in [3.63, 3.8) is 0 Å². The van der Waals surface area contributed by atoms with E-state index in [0.29, 0.717) is 15.8 Å². The van der Waals surface area contributed by atoms with E-state index in [-0.39, 0.29) is 17.1 Å². The van der Waals surface area contributed by atoms with Crippen molar-refractivity contribution in [2.24, 2.45) is 0 Å². The van der Waals surface area contributed by atoms with E-state index in [9.17, 15) is 14.4 Å². The van der Waals surface area contributed by atoms with Gasteiger partial charge in [-0.3, -0.25) is 19.7 Å². The standard InChI is InChI=1S/C3H3NO2S.C3H3NOS2/c2*5-2-1-7-3(6)4-2/h2*1H2,(H,4,5,6). The van der Waals surface area contributed by atoms with Crippen molar-refractivity contribution < 1.29 is 14.4 Å². The van der Waals surface area contributed by atoms with Crippen molar-refractivity contribution in [2.75, 3.05) is 11.5 Å². The smallest absolute Gasteiger partial charge is 0.286 e. The van der Waals surface area contributed by atoms with Gasteiger partial charge in [0.15, 0.2) is 0 Å². The number of rotatable bonds is 0. The fourth-order valence-electron chi connectivity index (χ4n) is 0.634. The lowest BCUT2D eigenvalue weighted by atomic mass is 10.7. The molecule has 0 aliphatic carbocycles. The molecule has 2 rings (SSSR count). The van der Waals surface area contributed by atoms with Gasteiger partial charge in [-0.25, -0.2) is 0 Å². The summed E-state index contributed by atoms with van der Waals surface area (Å²) in [5.74, 6) is 0.627. The number of imide groups is 1. The number of thioether (sulfide) groups is 2. The Bertz CT molecular complexity index is 247. The first-order valence-corrected chi connectivity index (χ1v) is 5.89. The zero-order valence-electron chi connectivity index (χ0n) is 6.86. The maximum Gasteiger partial charge on any atom is 0.286 e. The molecule has 3 amide bonds. The van der Waals surface area contributed by atoms with Crippen molar-refractivity contribution >= 4 is 57.1 Å². The molecule has 0 radical (unpaired) electrons. The van der Waals surface area contributed by atoms with Gasteiger partial charge in [-0.15, -0.1) is 0 Å². The van der Waals surface area contributed by atoms with E-state index in [1.165, 1.54) is 11.8 Å². The van der Waals surface area contributed by atoms with Gasteiger partial charge in [0, 0.05) is 0 Å². The summed E-state index contributed by atoms with van der Waals surface area (Å²) in [6, 6.07) is 0. The van der Waals surface area contributed by atoms with E-state index >= 15 is 0 Å². The minimum absolute atomic E-state index is 0.0231. The monoisotopic (exact) mass is 250 g/mol. The van der Waals surface area contributed by atoms with E-state index < -0.39 is 0 Å². The lowest BCUT2D eigenvalue weighted by Gasteiger charge is -1.81. The molecule has 0 aromatic carbocycles. The second kappa shape index (κ2) is 5.32. The third-order valence-electron chi connectivity index (χ3n) is 1.15. The van der Waals surface area contributed by atoms with Crippen LogP contribution in [0.2, 0.25) is 0 Å². The normalized spacial score (nSPS) is 20.0. The lowest BCUT2D eigenvalue weighted by Crippen LogP contribution is -2.18. The number of carbonyl (C=O) groups excluding carboxylic acids is 3. The van der Waals surface area contributed by atoms with Crippen molar-refractivity contribution in [2.45, 2.75) is 0 Å². The minimum Gasteiger partial charge on any atom is -0.311 e. The second-order valence-corrected chi connectivity index (χ2v) is 4.85. The molecule has 2 N–H and O–H groups in total. The molecule has 0 unspecified atom stereocenters. The molecule has 5 nitrogen and oxygen atoms in total. The predicted molar refractivity (Wildman–Crippen MR) is 59.2 cm³/mol. The van der Waals surface area contributed by atoms with Crippen molar-refractivity contribution in [1.82, 2.24) is 10.6 Å². The highest BCUT2D eigenvalue weighted by Crippen LogP contribution is 2.07. The van der Waals surface area contributed by atoms with Crippen molar-refractivity contribution in [3.8, 4) is 0 Å².